The summed E-state index contributed by atoms with van der Waals surface area (Å²) in [4.78, 5) is 14.9. The third-order valence-corrected chi connectivity index (χ3v) is 2.88. The van der Waals surface area contributed by atoms with Crippen LogP contribution in [0.15, 0.2) is 28.8 Å². The minimum absolute atomic E-state index is 0.211. The zero-order chi connectivity index (χ0) is 13.2. The highest BCUT2D eigenvalue weighted by molar-refractivity contribution is 5.87. The van der Waals surface area contributed by atoms with Crippen molar-refractivity contribution in [2.45, 2.75) is 25.4 Å². The average Bonchev–Trinajstić information content (AvgIpc) is 3.16. The molecule has 0 saturated heterocycles. The molecule has 3 rings (SSSR count). The van der Waals surface area contributed by atoms with Crippen molar-refractivity contribution in [3.63, 3.8) is 0 Å². The summed E-state index contributed by atoms with van der Waals surface area (Å²) in [6.07, 6.45) is 2.22. The Kier molecular flexibility index (Phi) is 2.91. The van der Waals surface area contributed by atoms with E-state index >= 15 is 0 Å². The molecule has 0 amide bonds. The number of carboxylic acids is 1. The minimum Gasteiger partial charge on any atom is -0.485 e. The van der Waals surface area contributed by atoms with E-state index in [1.54, 1.807) is 12.1 Å². The zero-order valence-electron chi connectivity index (χ0n) is 10.1. The van der Waals surface area contributed by atoms with E-state index in [2.05, 4.69) is 10.1 Å². The average molecular weight is 260 g/mol. The zero-order valence-corrected chi connectivity index (χ0v) is 10.1. The number of ether oxygens (including phenoxy) is 1. The fourth-order valence-electron chi connectivity index (χ4n) is 1.66. The monoisotopic (exact) mass is 260 g/mol. The number of aromatic carboxylic acids is 1. The number of carboxylic acid groups (broad SMARTS) is 1. The molecule has 0 spiro atoms. The smallest absolute Gasteiger partial charge is 0.335 e. The molecule has 0 unspecified atom stereocenters. The number of benzene rings is 1. The van der Waals surface area contributed by atoms with E-state index in [9.17, 15) is 4.79 Å². The second-order valence-corrected chi connectivity index (χ2v) is 4.44. The number of aromatic nitrogens is 2. The largest absolute Gasteiger partial charge is 0.485 e. The quantitative estimate of drug-likeness (QED) is 0.887. The van der Waals surface area contributed by atoms with Gasteiger partial charge < -0.3 is 14.4 Å². The van der Waals surface area contributed by atoms with Gasteiger partial charge in [0.25, 0.3) is 0 Å². The molecular formula is C13H12N2O4. The van der Waals surface area contributed by atoms with Crippen molar-refractivity contribution in [2.24, 2.45) is 0 Å². The van der Waals surface area contributed by atoms with E-state index in [0.29, 0.717) is 23.4 Å². The Morgan fingerprint density at radius 1 is 1.37 bits per heavy atom. The Hall–Kier alpha value is -2.37. The van der Waals surface area contributed by atoms with Crippen LogP contribution in [0.1, 0.15) is 40.8 Å². The maximum atomic E-state index is 10.7. The molecule has 1 aliphatic rings. The Bertz CT molecular complexity index is 587. The summed E-state index contributed by atoms with van der Waals surface area (Å²) in [5, 5.41) is 12.6. The summed E-state index contributed by atoms with van der Waals surface area (Å²) >= 11 is 0. The molecule has 0 radical (unpaired) electrons. The molecule has 0 bridgehead atoms. The van der Waals surface area contributed by atoms with E-state index in [0.717, 1.165) is 12.8 Å². The van der Waals surface area contributed by atoms with Gasteiger partial charge in [-0.2, -0.15) is 4.98 Å². The molecule has 1 saturated carbocycles. The second-order valence-electron chi connectivity index (χ2n) is 4.44. The van der Waals surface area contributed by atoms with E-state index in [1.165, 1.54) is 12.1 Å². The first-order valence-corrected chi connectivity index (χ1v) is 6.01. The van der Waals surface area contributed by atoms with Crippen molar-refractivity contribution in [1.82, 2.24) is 10.1 Å². The summed E-state index contributed by atoms with van der Waals surface area (Å²) in [6.45, 7) is 0.211. The first kappa shape index (κ1) is 11.7. The lowest BCUT2D eigenvalue weighted by molar-refractivity contribution is 0.0697. The number of hydrogen-bond donors (Lipinski definition) is 1. The number of nitrogens with zero attached hydrogens (tertiary/aromatic N) is 2. The first-order chi connectivity index (χ1) is 9.22. The maximum Gasteiger partial charge on any atom is 0.335 e. The maximum absolute atomic E-state index is 10.7. The number of rotatable bonds is 5. The molecule has 1 fully saturated rings. The fraction of sp³-hybridized carbons (Fsp3) is 0.308. The lowest BCUT2D eigenvalue weighted by Gasteiger charge is -2.03. The molecule has 1 aromatic heterocycles. The Balaban J connectivity index is 1.59. The van der Waals surface area contributed by atoms with Crippen LogP contribution in [-0.4, -0.2) is 21.2 Å². The first-order valence-electron chi connectivity index (χ1n) is 6.01. The van der Waals surface area contributed by atoms with Gasteiger partial charge >= 0.3 is 5.97 Å². The molecule has 1 N–H and O–H groups in total. The molecule has 0 aliphatic heterocycles. The summed E-state index contributed by atoms with van der Waals surface area (Å²) in [6, 6.07) is 6.18. The molecule has 6 nitrogen and oxygen atoms in total. The molecule has 2 aromatic rings. The molecule has 1 aliphatic carbocycles. The third-order valence-electron chi connectivity index (χ3n) is 2.88. The third kappa shape index (κ3) is 2.73. The van der Waals surface area contributed by atoms with Gasteiger partial charge in [0, 0.05) is 5.92 Å². The lowest BCUT2D eigenvalue weighted by Crippen LogP contribution is -1.99. The number of carbonyl (C=O) groups is 1. The van der Waals surface area contributed by atoms with E-state index in [4.69, 9.17) is 14.4 Å². The predicted octanol–water partition coefficient (Wildman–Crippen LogP) is 2.22. The predicted molar refractivity (Wildman–Crippen MR) is 64.0 cm³/mol. The van der Waals surface area contributed by atoms with Crippen LogP contribution < -0.4 is 4.74 Å². The van der Waals surface area contributed by atoms with Crippen LogP contribution in [0.3, 0.4) is 0 Å². The van der Waals surface area contributed by atoms with Crippen LogP contribution in [-0.2, 0) is 6.61 Å². The molecule has 6 heteroatoms. The van der Waals surface area contributed by atoms with Gasteiger partial charge in [0.05, 0.1) is 5.56 Å². The van der Waals surface area contributed by atoms with Gasteiger partial charge in [-0.1, -0.05) is 5.16 Å². The van der Waals surface area contributed by atoms with Crippen molar-refractivity contribution in [3.05, 3.63) is 41.5 Å². The molecule has 1 aromatic carbocycles. The summed E-state index contributed by atoms with van der Waals surface area (Å²) in [7, 11) is 0. The molecule has 1 heterocycles. The summed E-state index contributed by atoms with van der Waals surface area (Å²) < 4.78 is 10.6. The Morgan fingerprint density at radius 2 is 2.11 bits per heavy atom. The van der Waals surface area contributed by atoms with Gasteiger partial charge in [0.15, 0.2) is 6.61 Å². The molecule has 0 atom stereocenters. The molecular weight excluding hydrogens is 248 g/mol. The summed E-state index contributed by atoms with van der Waals surface area (Å²) in [5.41, 5.74) is 0.225. The van der Waals surface area contributed by atoms with Gasteiger partial charge in [-0.05, 0) is 37.1 Å². The van der Waals surface area contributed by atoms with Crippen molar-refractivity contribution >= 4 is 5.97 Å². The Labute approximate surface area is 109 Å². The normalized spacial score (nSPS) is 14.3. The second kappa shape index (κ2) is 4.72. The van der Waals surface area contributed by atoms with Gasteiger partial charge in [0.2, 0.25) is 11.7 Å². The van der Waals surface area contributed by atoms with Crippen LogP contribution in [0.4, 0.5) is 0 Å². The van der Waals surface area contributed by atoms with Crippen LogP contribution >= 0.6 is 0 Å². The van der Waals surface area contributed by atoms with Crippen molar-refractivity contribution in [1.29, 1.82) is 0 Å². The van der Waals surface area contributed by atoms with Gasteiger partial charge in [-0.15, -0.1) is 0 Å². The van der Waals surface area contributed by atoms with E-state index in [-0.39, 0.29) is 12.2 Å². The highest BCUT2D eigenvalue weighted by atomic mass is 16.5. The van der Waals surface area contributed by atoms with Gasteiger partial charge in [0.1, 0.15) is 5.75 Å². The van der Waals surface area contributed by atoms with Gasteiger partial charge in [-0.3, -0.25) is 0 Å². The van der Waals surface area contributed by atoms with Crippen molar-refractivity contribution in [3.8, 4) is 5.75 Å². The standard InChI is InChI=1S/C13H12N2O4/c16-13(17)9-3-5-10(6-4-9)18-7-11-14-12(19-15-11)8-1-2-8/h3-6,8H,1-2,7H2,(H,16,17). The fourth-order valence-corrected chi connectivity index (χ4v) is 1.66. The number of hydrogen-bond acceptors (Lipinski definition) is 5. The Morgan fingerprint density at radius 3 is 2.74 bits per heavy atom. The topological polar surface area (TPSA) is 85.5 Å². The van der Waals surface area contributed by atoms with Crippen LogP contribution in [0.2, 0.25) is 0 Å². The van der Waals surface area contributed by atoms with Crippen LogP contribution in [0.5, 0.6) is 5.75 Å². The highest BCUT2D eigenvalue weighted by Gasteiger charge is 2.29. The highest BCUT2D eigenvalue weighted by Crippen LogP contribution is 2.38. The van der Waals surface area contributed by atoms with Crippen LogP contribution in [0, 0.1) is 0 Å². The van der Waals surface area contributed by atoms with Crippen molar-refractivity contribution < 1.29 is 19.2 Å². The SMILES string of the molecule is O=C(O)c1ccc(OCc2noc(C3CC3)n2)cc1. The molecule has 98 valence electrons. The molecule has 19 heavy (non-hydrogen) atoms. The van der Waals surface area contributed by atoms with Crippen molar-refractivity contribution in [2.75, 3.05) is 0 Å². The van der Waals surface area contributed by atoms with Gasteiger partial charge in [-0.25, -0.2) is 4.79 Å². The summed E-state index contributed by atoms with van der Waals surface area (Å²) in [5.74, 6) is 1.22. The van der Waals surface area contributed by atoms with E-state index < -0.39 is 5.97 Å². The van der Waals surface area contributed by atoms with E-state index in [1.807, 2.05) is 0 Å². The lowest BCUT2D eigenvalue weighted by atomic mass is 10.2. The van der Waals surface area contributed by atoms with Crippen LogP contribution in [0.25, 0.3) is 0 Å². The minimum atomic E-state index is -0.959.